The predicted octanol–water partition coefficient (Wildman–Crippen LogP) is 6.96. The number of allylic oxidation sites excluding steroid dienone is 1. The van der Waals surface area contributed by atoms with Crippen LogP contribution in [-0.2, 0) is 6.42 Å². The highest BCUT2D eigenvalue weighted by atomic mass is 32.1. The Morgan fingerprint density at radius 3 is 2.83 bits per heavy atom. The molecule has 0 unspecified atom stereocenters. The maximum absolute atomic E-state index is 5.02. The number of thiophene rings is 1. The van der Waals surface area contributed by atoms with Crippen LogP contribution in [-0.4, -0.2) is 14.5 Å². The predicted molar refractivity (Wildman–Crippen MR) is 124 cm³/mol. The smallest absolute Gasteiger partial charge is 0.195 e. The summed E-state index contributed by atoms with van der Waals surface area (Å²) in [6.45, 7) is 0. The lowest BCUT2D eigenvalue weighted by molar-refractivity contribution is 0.934. The lowest BCUT2D eigenvalue weighted by atomic mass is 10.1. The van der Waals surface area contributed by atoms with E-state index in [2.05, 4.69) is 59.2 Å². The van der Waals surface area contributed by atoms with Crippen molar-refractivity contribution in [3.05, 3.63) is 71.4 Å². The Bertz CT molecular complexity index is 1610. The third-order valence-corrected chi connectivity index (χ3v) is 8.01. The molecule has 138 valence electrons. The van der Waals surface area contributed by atoms with E-state index in [-0.39, 0.29) is 0 Å². The molecule has 7 rings (SSSR count). The van der Waals surface area contributed by atoms with Crippen molar-refractivity contribution in [3.8, 4) is 5.13 Å². The highest BCUT2D eigenvalue weighted by Crippen LogP contribution is 2.43. The van der Waals surface area contributed by atoms with Crippen molar-refractivity contribution in [3.63, 3.8) is 0 Å². The molecule has 0 aliphatic heterocycles. The largest absolute Gasteiger partial charge is 0.283 e. The summed E-state index contributed by atoms with van der Waals surface area (Å²) in [5, 5.41) is 4.91. The molecular formula is C24H15N3S2. The summed E-state index contributed by atoms with van der Waals surface area (Å²) in [6, 6.07) is 17.4. The van der Waals surface area contributed by atoms with E-state index in [0.717, 1.165) is 29.0 Å². The zero-order chi connectivity index (χ0) is 18.9. The Hall–Kier alpha value is -3.02. The molecule has 5 heteroatoms. The summed E-state index contributed by atoms with van der Waals surface area (Å²) >= 11 is 3.63. The molecule has 0 bridgehead atoms. The second-order valence-electron chi connectivity index (χ2n) is 7.39. The molecule has 1 aliphatic carbocycles. The van der Waals surface area contributed by atoms with Gasteiger partial charge in [0.05, 0.1) is 27.1 Å². The average molecular weight is 410 g/mol. The van der Waals surface area contributed by atoms with Gasteiger partial charge in [-0.3, -0.25) is 9.55 Å². The van der Waals surface area contributed by atoms with E-state index in [9.17, 15) is 0 Å². The fraction of sp³-hybridized carbons (Fsp3) is 0.0833. The van der Waals surface area contributed by atoms with E-state index >= 15 is 0 Å². The van der Waals surface area contributed by atoms with Crippen LogP contribution in [0.3, 0.4) is 0 Å². The van der Waals surface area contributed by atoms with Crippen LogP contribution < -0.4 is 0 Å². The number of fused-ring (bicyclic) bond motifs is 8. The molecule has 0 saturated carbocycles. The van der Waals surface area contributed by atoms with E-state index in [1.165, 1.54) is 41.6 Å². The van der Waals surface area contributed by atoms with Crippen LogP contribution in [0.1, 0.15) is 17.0 Å². The summed E-state index contributed by atoms with van der Waals surface area (Å²) in [5.41, 5.74) is 4.59. The van der Waals surface area contributed by atoms with Gasteiger partial charge in [-0.25, -0.2) is 4.98 Å². The Morgan fingerprint density at radius 2 is 1.86 bits per heavy atom. The van der Waals surface area contributed by atoms with Gasteiger partial charge in [-0.05, 0) is 43.2 Å². The lowest BCUT2D eigenvalue weighted by Crippen LogP contribution is -1.95. The van der Waals surface area contributed by atoms with Gasteiger partial charge in [0.25, 0.3) is 0 Å². The van der Waals surface area contributed by atoms with E-state index in [1.54, 1.807) is 11.3 Å². The van der Waals surface area contributed by atoms with E-state index in [4.69, 9.17) is 9.97 Å². The van der Waals surface area contributed by atoms with Crippen LogP contribution in [0.4, 0.5) is 0 Å². The van der Waals surface area contributed by atoms with Gasteiger partial charge in [-0.15, -0.1) is 11.3 Å². The first-order chi connectivity index (χ1) is 14.4. The van der Waals surface area contributed by atoms with Crippen LogP contribution in [0.25, 0.3) is 53.3 Å². The number of aromatic nitrogens is 3. The monoisotopic (exact) mass is 409 g/mol. The minimum atomic E-state index is 1.03. The van der Waals surface area contributed by atoms with Crippen molar-refractivity contribution >= 4 is 70.9 Å². The molecule has 0 atom stereocenters. The van der Waals surface area contributed by atoms with Crippen LogP contribution in [0, 0.1) is 0 Å². The fourth-order valence-electron chi connectivity index (χ4n) is 4.47. The Labute approximate surface area is 174 Å². The molecule has 3 nitrogen and oxygen atoms in total. The standard InChI is InChI=1S/C24H15N3S2/c1-3-9-19-14(6-1)15-11-12-17-21(23(15)28-19)22-18(8-5-13-25-22)27(17)24-26-16-7-2-4-10-20(16)29-24/h1,3-6,8-13H,2,7H2. The van der Waals surface area contributed by atoms with Gasteiger partial charge >= 0.3 is 0 Å². The quantitative estimate of drug-likeness (QED) is 0.294. The molecule has 0 spiro atoms. The Balaban J connectivity index is 1.66. The van der Waals surface area contributed by atoms with Gasteiger partial charge in [0.15, 0.2) is 5.13 Å². The molecule has 0 radical (unpaired) electrons. The number of rotatable bonds is 1. The molecule has 4 heterocycles. The van der Waals surface area contributed by atoms with Gasteiger partial charge in [0.2, 0.25) is 0 Å². The molecule has 0 N–H and O–H groups in total. The molecule has 0 amide bonds. The van der Waals surface area contributed by atoms with Crippen molar-refractivity contribution < 1.29 is 0 Å². The first-order valence-electron chi connectivity index (χ1n) is 9.74. The highest BCUT2D eigenvalue weighted by molar-refractivity contribution is 7.26. The molecule has 29 heavy (non-hydrogen) atoms. The summed E-state index contributed by atoms with van der Waals surface area (Å²) in [6.07, 6.45) is 8.47. The maximum atomic E-state index is 5.02. The van der Waals surface area contributed by atoms with Crippen molar-refractivity contribution in [2.24, 2.45) is 0 Å². The second kappa shape index (κ2) is 5.75. The zero-order valence-electron chi connectivity index (χ0n) is 15.4. The molecule has 0 fully saturated rings. The Morgan fingerprint density at radius 1 is 0.897 bits per heavy atom. The summed E-state index contributed by atoms with van der Waals surface area (Å²) in [7, 11) is 0. The van der Waals surface area contributed by atoms with Gasteiger partial charge < -0.3 is 0 Å². The van der Waals surface area contributed by atoms with E-state index in [1.807, 2.05) is 23.6 Å². The van der Waals surface area contributed by atoms with Gasteiger partial charge in [0, 0.05) is 31.8 Å². The number of aryl methyl sites for hydroxylation is 1. The van der Waals surface area contributed by atoms with Crippen molar-refractivity contribution in [1.29, 1.82) is 0 Å². The lowest BCUT2D eigenvalue weighted by Gasteiger charge is -2.02. The fourth-order valence-corrected chi connectivity index (χ4v) is 6.78. The van der Waals surface area contributed by atoms with Crippen molar-refractivity contribution in [2.75, 3.05) is 0 Å². The number of thiazole rings is 1. The average Bonchev–Trinajstić information content (AvgIpc) is 3.44. The first kappa shape index (κ1) is 15.9. The Kier molecular flexibility index (Phi) is 3.14. The third kappa shape index (κ3) is 2.11. The summed E-state index contributed by atoms with van der Waals surface area (Å²) in [4.78, 5) is 11.1. The van der Waals surface area contributed by atoms with Gasteiger partial charge in [-0.1, -0.05) is 41.7 Å². The number of nitrogens with zero attached hydrogens (tertiary/aromatic N) is 3. The summed E-state index contributed by atoms with van der Waals surface area (Å²) in [5.74, 6) is 0. The zero-order valence-corrected chi connectivity index (χ0v) is 17.1. The normalized spacial score (nSPS) is 13.8. The molecule has 4 aromatic heterocycles. The minimum Gasteiger partial charge on any atom is -0.283 e. The minimum absolute atomic E-state index is 1.03. The third-order valence-electron chi connectivity index (χ3n) is 5.75. The van der Waals surface area contributed by atoms with E-state index < -0.39 is 0 Å². The van der Waals surface area contributed by atoms with Gasteiger partial charge in [-0.2, -0.15) is 0 Å². The molecule has 6 aromatic rings. The number of pyridine rings is 1. The molecule has 2 aromatic carbocycles. The number of hydrogen-bond donors (Lipinski definition) is 0. The van der Waals surface area contributed by atoms with Crippen LogP contribution in [0.2, 0.25) is 0 Å². The van der Waals surface area contributed by atoms with Crippen LogP contribution >= 0.6 is 22.7 Å². The number of benzene rings is 2. The van der Waals surface area contributed by atoms with Crippen molar-refractivity contribution in [1.82, 2.24) is 14.5 Å². The highest BCUT2D eigenvalue weighted by Gasteiger charge is 2.21. The van der Waals surface area contributed by atoms with E-state index in [0.29, 0.717) is 0 Å². The van der Waals surface area contributed by atoms with Crippen LogP contribution in [0.15, 0.2) is 60.8 Å². The second-order valence-corrected chi connectivity index (χ2v) is 9.45. The molecule has 0 saturated heterocycles. The topological polar surface area (TPSA) is 30.7 Å². The SMILES string of the molecule is C1=Cc2sc(-n3c4cccnc4c4c5sc6ccccc6c5ccc43)nc2CC1. The summed E-state index contributed by atoms with van der Waals surface area (Å²) < 4.78 is 4.94. The molecular weight excluding hydrogens is 394 g/mol. The van der Waals surface area contributed by atoms with Gasteiger partial charge in [0.1, 0.15) is 0 Å². The maximum Gasteiger partial charge on any atom is 0.195 e. The number of hydrogen-bond acceptors (Lipinski definition) is 4. The van der Waals surface area contributed by atoms with Crippen molar-refractivity contribution in [2.45, 2.75) is 12.8 Å². The first-order valence-corrected chi connectivity index (χ1v) is 11.4. The van der Waals surface area contributed by atoms with Crippen LogP contribution in [0.5, 0.6) is 0 Å². The molecule has 1 aliphatic rings.